The minimum atomic E-state index is 0.144. The first-order valence-corrected chi connectivity index (χ1v) is 35.0. The third-order valence-corrected chi connectivity index (χ3v) is 17.2. The van der Waals surface area contributed by atoms with Gasteiger partial charge in [0.15, 0.2) is 34.5 Å². The lowest BCUT2D eigenvalue weighted by atomic mass is 9.93. The molecule has 0 aliphatic carbocycles. The monoisotopic (exact) mass is 1110 g/mol. The first-order chi connectivity index (χ1) is 39.5. The molecule has 0 spiro atoms. The molecule has 0 aromatic heterocycles. The summed E-state index contributed by atoms with van der Waals surface area (Å²) >= 11 is 0. The summed E-state index contributed by atoms with van der Waals surface area (Å²) in [5, 5.41) is 29.1. The van der Waals surface area contributed by atoms with E-state index in [-0.39, 0.29) is 11.5 Å². The molecule has 0 atom stereocenters. The molecule has 456 valence electrons. The Morgan fingerprint density at radius 1 is 0.200 bits per heavy atom. The molecule has 0 aliphatic rings. The van der Waals surface area contributed by atoms with Gasteiger partial charge in [0.1, 0.15) is 0 Å². The Kier molecular flexibility index (Phi) is 40.4. The highest BCUT2D eigenvalue weighted by Gasteiger charge is 2.20. The Hall–Kier alpha value is -3.54. The van der Waals surface area contributed by atoms with Gasteiger partial charge in [-0.15, -0.1) is 0 Å². The maximum Gasteiger partial charge on any atom is 0.161 e. The van der Waals surface area contributed by atoms with Crippen LogP contribution in [0.15, 0.2) is 36.4 Å². The van der Waals surface area contributed by atoms with Gasteiger partial charge in [-0.05, 0) is 94.4 Å². The summed E-state index contributed by atoms with van der Waals surface area (Å²) in [5.74, 6) is 2.78. The van der Waals surface area contributed by atoms with Crippen molar-refractivity contribution in [1.82, 2.24) is 0 Å². The van der Waals surface area contributed by atoms with Crippen LogP contribution in [0.4, 0.5) is 0 Å². The quantitative estimate of drug-likeness (QED) is 0.0339. The molecule has 0 saturated carbocycles. The number of hydrogen-bond acceptors (Lipinski definition) is 6. The molecular formula is C74H124O6. The van der Waals surface area contributed by atoms with Crippen molar-refractivity contribution in [2.24, 2.45) is 0 Å². The van der Waals surface area contributed by atoms with Gasteiger partial charge in [0.05, 0.1) is 26.4 Å². The Labute approximate surface area is 492 Å². The first kappa shape index (κ1) is 69.0. The molecular weight excluding hydrogens is 985 g/mol. The van der Waals surface area contributed by atoms with Gasteiger partial charge in [-0.2, -0.15) is 0 Å². The van der Waals surface area contributed by atoms with Crippen LogP contribution in [-0.4, -0.2) is 36.6 Å². The minimum Gasteiger partial charge on any atom is -0.504 e. The molecule has 0 unspecified atom stereocenters. The summed E-state index contributed by atoms with van der Waals surface area (Å²) in [6.07, 6.45) is 62.2. The molecule has 80 heavy (non-hydrogen) atoms. The fourth-order valence-corrected chi connectivity index (χ4v) is 12.0. The fourth-order valence-electron chi connectivity index (χ4n) is 12.0. The molecule has 2 N–H and O–H groups in total. The number of unbranched alkanes of at least 4 members (excludes halogenated alkanes) is 44. The number of aromatic hydroxyl groups is 2. The van der Waals surface area contributed by atoms with Gasteiger partial charge in [0.2, 0.25) is 0 Å². The Balaban J connectivity index is 1.49. The van der Waals surface area contributed by atoms with Crippen molar-refractivity contribution in [3.05, 3.63) is 36.4 Å². The standard InChI is InChI=1S/C74H124O6/c1-5-9-13-17-21-25-29-33-37-41-45-49-53-77-71-59-65-63(57-69(71)75)67-61-73(79-55-51-47-43-39-35-31-27-23-19-15-11-7-3)74(80-56-52-48-44-40-36-32-28-24-20-16-12-8-4)62-68(67)64-58-70(76)72(60-66(64)65)78-54-50-46-42-38-34-30-26-22-18-14-10-6-2/h57-62,75-76H,5-56H2,1-4H3. The Morgan fingerprint density at radius 2 is 0.350 bits per heavy atom. The smallest absolute Gasteiger partial charge is 0.161 e. The summed E-state index contributed by atoms with van der Waals surface area (Å²) in [6, 6.07) is 12.1. The number of hydrogen-bond donors (Lipinski definition) is 2. The van der Waals surface area contributed by atoms with Crippen molar-refractivity contribution in [2.75, 3.05) is 26.4 Å². The second-order valence-corrected chi connectivity index (χ2v) is 24.5. The zero-order valence-corrected chi connectivity index (χ0v) is 52.8. The van der Waals surface area contributed by atoms with Crippen LogP contribution in [0.5, 0.6) is 34.5 Å². The van der Waals surface area contributed by atoms with Gasteiger partial charge >= 0.3 is 0 Å². The number of phenolic OH excluding ortho intramolecular Hbond substituents is 2. The Bertz CT molecular complexity index is 1940. The van der Waals surface area contributed by atoms with E-state index in [4.69, 9.17) is 18.9 Å². The van der Waals surface area contributed by atoms with Crippen molar-refractivity contribution in [3.63, 3.8) is 0 Å². The van der Waals surface area contributed by atoms with Gasteiger partial charge in [0.25, 0.3) is 0 Å². The van der Waals surface area contributed by atoms with Gasteiger partial charge in [-0.3, -0.25) is 0 Å². The van der Waals surface area contributed by atoms with E-state index in [1.165, 1.54) is 257 Å². The summed E-state index contributed by atoms with van der Waals surface area (Å²) in [4.78, 5) is 0. The third kappa shape index (κ3) is 29.6. The lowest BCUT2D eigenvalue weighted by Gasteiger charge is -2.19. The fraction of sp³-hybridized carbons (Fsp3) is 0.757. The lowest BCUT2D eigenvalue weighted by molar-refractivity contribution is 0.259. The van der Waals surface area contributed by atoms with E-state index >= 15 is 0 Å². The molecule has 6 heteroatoms. The number of phenols is 2. The minimum absolute atomic E-state index is 0.144. The molecule has 0 heterocycles. The number of rotatable bonds is 56. The van der Waals surface area contributed by atoms with Gasteiger partial charge < -0.3 is 29.2 Å². The zero-order valence-electron chi connectivity index (χ0n) is 52.8. The molecule has 6 nitrogen and oxygen atoms in total. The van der Waals surface area contributed by atoms with E-state index < -0.39 is 0 Å². The van der Waals surface area contributed by atoms with Gasteiger partial charge in [-0.25, -0.2) is 0 Å². The number of ether oxygens (including phenoxy) is 4. The molecule has 4 aromatic carbocycles. The highest BCUT2D eigenvalue weighted by atomic mass is 16.5. The summed E-state index contributed by atoms with van der Waals surface area (Å²) in [6.45, 7) is 11.5. The van der Waals surface area contributed by atoms with E-state index in [9.17, 15) is 10.2 Å². The molecule has 4 rings (SSSR count). The summed E-state index contributed by atoms with van der Waals surface area (Å²) < 4.78 is 26.3. The van der Waals surface area contributed by atoms with E-state index in [1.54, 1.807) is 0 Å². The van der Waals surface area contributed by atoms with Crippen LogP contribution in [0.3, 0.4) is 0 Å². The second-order valence-electron chi connectivity index (χ2n) is 24.5. The molecule has 0 amide bonds. The number of fused-ring (bicyclic) bond motifs is 6. The third-order valence-electron chi connectivity index (χ3n) is 17.2. The maximum absolute atomic E-state index is 11.7. The largest absolute Gasteiger partial charge is 0.504 e. The first-order valence-electron chi connectivity index (χ1n) is 35.0. The van der Waals surface area contributed by atoms with Gasteiger partial charge in [-0.1, -0.05) is 310 Å². The highest BCUT2D eigenvalue weighted by molar-refractivity contribution is 6.26. The van der Waals surface area contributed by atoms with E-state index in [1.807, 2.05) is 24.3 Å². The highest BCUT2D eigenvalue weighted by Crippen LogP contribution is 2.47. The van der Waals surface area contributed by atoms with Crippen molar-refractivity contribution >= 4 is 32.3 Å². The van der Waals surface area contributed by atoms with Crippen LogP contribution in [0.1, 0.15) is 336 Å². The van der Waals surface area contributed by atoms with Crippen LogP contribution < -0.4 is 18.9 Å². The normalized spacial score (nSPS) is 11.7. The molecule has 4 aromatic rings. The van der Waals surface area contributed by atoms with Gasteiger partial charge in [0, 0.05) is 0 Å². The van der Waals surface area contributed by atoms with Crippen molar-refractivity contribution < 1.29 is 29.2 Å². The predicted molar refractivity (Wildman–Crippen MR) is 349 cm³/mol. The molecule has 0 aliphatic heterocycles. The average molecular weight is 1110 g/mol. The van der Waals surface area contributed by atoms with Crippen molar-refractivity contribution in [3.8, 4) is 34.5 Å². The zero-order chi connectivity index (χ0) is 56.8. The average Bonchev–Trinajstić information content (AvgIpc) is 3.59. The van der Waals surface area contributed by atoms with Crippen LogP contribution in [0.2, 0.25) is 0 Å². The molecule has 0 saturated heterocycles. The van der Waals surface area contributed by atoms with Crippen LogP contribution in [0.25, 0.3) is 32.3 Å². The summed E-state index contributed by atoms with van der Waals surface area (Å²) in [7, 11) is 0. The van der Waals surface area contributed by atoms with E-state index in [0.717, 1.165) is 95.2 Å². The molecule has 0 bridgehead atoms. The van der Waals surface area contributed by atoms with Crippen molar-refractivity contribution in [2.45, 2.75) is 336 Å². The SMILES string of the molecule is CCCCCCCCCCCCCCOc1cc2c(cc1O)c1cc(OCCCCCCCCCCCCCC)c(OCCCCCCCCCCCCCC)cc1c1cc(O)c(OCCCCCCCCCCCCCC)cc12. The van der Waals surface area contributed by atoms with Crippen LogP contribution in [-0.2, 0) is 0 Å². The van der Waals surface area contributed by atoms with Crippen molar-refractivity contribution in [1.29, 1.82) is 0 Å². The lowest BCUT2D eigenvalue weighted by Crippen LogP contribution is -2.03. The maximum atomic E-state index is 11.7. The predicted octanol–water partition coefficient (Wildman–Crippen LogP) is 24.9. The summed E-state index contributed by atoms with van der Waals surface area (Å²) in [5.41, 5.74) is 0. The molecule has 0 radical (unpaired) electrons. The number of benzene rings is 4. The van der Waals surface area contributed by atoms with E-state index in [2.05, 4.69) is 39.8 Å². The topological polar surface area (TPSA) is 77.4 Å². The van der Waals surface area contributed by atoms with Crippen LogP contribution in [0, 0.1) is 0 Å². The second kappa shape index (κ2) is 46.9. The Morgan fingerprint density at radius 3 is 0.550 bits per heavy atom. The van der Waals surface area contributed by atoms with E-state index in [0.29, 0.717) is 37.9 Å². The van der Waals surface area contributed by atoms with Crippen LogP contribution >= 0.6 is 0 Å². The molecule has 0 fully saturated rings.